The van der Waals surface area contributed by atoms with Crippen LogP contribution in [0.3, 0.4) is 0 Å². The maximum Gasteiger partial charge on any atom is 0.307 e. The van der Waals surface area contributed by atoms with E-state index < -0.39 is 17.8 Å². The molecular formula is C19H24N2O4. The number of amides is 2. The van der Waals surface area contributed by atoms with Crippen LogP contribution in [0.15, 0.2) is 24.3 Å². The molecule has 0 spiro atoms. The van der Waals surface area contributed by atoms with Gasteiger partial charge in [0.2, 0.25) is 11.8 Å². The van der Waals surface area contributed by atoms with E-state index in [1.165, 1.54) is 0 Å². The minimum atomic E-state index is -0.900. The van der Waals surface area contributed by atoms with Crippen LogP contribution < -0.4 is 10.6 Å². The molecule has 0 aliphatic heterocycles. The average molecular weight is 344 g/mol. The van der Waals surface area contributed by atoms with Gasteiger partial charge in [0.25, 0.3) is 0 Å². The molecule has 2 saturated carbocycles. The first kappa shape index (κ1) is 17.5. The van der Waals surface area contributed by atoms with Crippen molar-refractivity contribution in [1.82, 2.24) is 5.32 Å². The zero-order valence-electron chi connectivity index (χ0n) is 14.2. The van der Waals surface area contributed by atoms with Crippen molar-refractivity contribution in [2.75, 3.05) is 5.32 Å². The van der Waals surface area contributed by atoms with Gasteiger partial charge in [-0.3, -0.25) is 14.4 Å². The molecule has 2 aliphatic carbocycles. The van der Waals surface area contributed by atoms with Crippen molar-refractivity contribution in [3.63, 3.8) is 0 Å². The summed E-state index contributed by atoms with van der Waals surface area (Å²) in [5, 5.41) is 14.8. The van der Waals surface area contributed by atoms with Crippen LogP contribution in [0.1, 0.15) is 44.1 Å². The topological polar surface area (TPSA) is 95.5 Å². The lowest BCUT2D eigenvalue weighted by Crippen LogP contribution is -2.43. The third-order valence-electron chi connectivity index (χ3n) is 5.32. The van der Waals surface area contributed by atoms with Gasteiger partial charge in [0.1, 0.15) is 0 Å². The van der Waals surface area contributed by atoms with E-state index in [0.29, 0.717) is 19.4 Å². The molecule has 2 atom stereocenters. The Balaban J connectivity index is 1.52. The van der Waals surface area contributed by atoms with E-state index in [1.54, 1.807) is 0 Å². The summed E-state index contributed by atoms with van der Waals surface area (Å²) in [6.45, 7) is 0.328. The van der Waals surface area contributed by atoms with Crippen LogP contribution in [0.2, 0.25) is 0 Å². The van der Waals surface area contributed by atoms with E-state index in [0.717, 1.165) is 36.9 Å². The van der Waals surface area contributed by atoms with E-state index in [4.69, 9.17) is 5.11 Å². The molecule has 0 bridgehead atoms. The van der Waals surface area contributed by atoms with Crippen LogP contribution in [-0.2, 0) is 20.9 Å². The summed E-state index contributed by atoms with van der Waals surface area (Å²) >= 11 is 0. The minimum Gasteiger partial charge on any atom is -0.481 e. The number of carbonyl (C=O) groups is 3. The van der Waals surface area contributed by atoms with Gasteiger partial charge in [-0.15, -0.1) is 0 Å². The van der Waals surface area contributed by atoms with Crippen LogP contribution in [-0.4, -0.2) is 22.9 Å². The van der Waals surface area contributed by atoms with Crippen molar-refractivity contribution in [2.24, 2.45) is 17.8 Å². The number of carboxylic acid groups (broad SMARTS) is 1. The van der Waals surface area contributed by atoms with Crippen LogP contribution in [0.4, 0.5) is 5.69 Å². The standard InChI is InChI=1S/C19H24N2O4/c22-17(13-5-1-2-6-13)21-14-7-3-4-12(10-14)11-20-18(23)15-8-9-16(15)19(24)25/h3-4,7,10,13,15-16H,1-2,5-6,8-9,11H2,(H,20,23)(H,21,22)(H,24,25). The van der Waals surface area contributed by atoms with E-state index in [2.05, 4.69) is 10.6 Å². The number of carboxylic acids is 1. The molecule has 134 valence electrons. The molecule has 2 unspecified atom stereocenters. The molecule has 3 rings (SSSR count). The van der Waals surface area contributed by atoms with E-state index in [9.17, 15) is 14.4 Å². The molecule has 3 N–H and O–H groups in total. The summed E-state index contributed by atoms with van der Waals surface area (Å²) in [5.74, 6) is -1.92. The normalized spacial score (nSPS) is 22.9. The predicted molar refractivity (Wildman–Crippen MR) is 92.7 cm³/mol. The van der Waals surface area contributed by atoms with Gasteiger partial charge >= 0.3 is 5.97 Å². The predicted octanol–water partition coefficient (Wildman–Crippen LogP) is 2.54. The molecular weight excluding hydrogens is 320 g/mol. The monoisotopic (exact) mass is 344 g/mol. The Kier molecular flexibility index (Phi) is 5.36. The van der Waals surface area contributed by atoms with Crippen molar-refractivity contribution in [3.8, 4) is 0 Å². The molecule has 0 heterocycles. The summed E-state index contributed by atoms with van der Waals surface area (Å²) in [5.41, 5.74) is 1.61. The number of hydrogen-bond donors (Lipinski definition) is 3. The second-order valence-electron chi connectivity index (χ2n) is 7.02. The SMILES string of the molecule is O=C(Nc1cccc(CNC(=O)C2CCC2C(=O)O)c1)C1CCCC1. The summed E-state index contributed by atoms with van der Waals surface area (Å²) in [7, 11) is 0. The van der Waals surface area contributed by atoms with Gasteiger partial charge in [-0.2, -0.15) is 0 Å². The molecule has 6 heteroatoms. The summed E-state index contributed by atoms with van der Waals surface area (Å²) in [6.07, 6.45) is 5.32. The van der Waals surface area contributed by atoms with Crippen molar-refractivity contribution in [1.29, 1.82) is 0 Å². The minimum absolute atomic E-state index is 0.0671. The van der Waals surface area contributed by atoms with Crippen molar-refractivity contribution >= 4 is 23.5 Å². The van der Waals surface area contributed by atoms with Crippen LogP contribution in [0, 0.1) is 17.8 Å². The molecule has 2 aliphatic rings. The third kappa shape index (κ3) is 4.18. The molecule has 0 saturated heterocycles. The third-order valence-corrected chi connectivity index (χ3v) is 5.32. The number of nitrogens with one attached hydrogen (secondary N) is 2. The van der Waals surface area contributed by atoms with Crippen LogP contribution in [0.25, 0.3) is 0 Å². The molecule has 2 amide bonds. The number of hydrogen-bond acceptors (Lipinski definition) is 3. The van der Waals surface area contributed by atoms with Gasteiger partial charge in [-0.05, 0) is 43.4 Å². The van der Waals surface area contributed by atoms with Gasteiger partial charge in [0.05, 0.1) is 11.8 Å². The molecule has 25 heavy (non-hydrogen) atoms. The number of benzene rings is 1. The second-order valence-corrected chi connectivity index (χ2v) is 7.02. The van der Waals surface area contributed by atoms with E-state index in [-0.39, 0.29) is 17.7 Å². The largest absolute Gasteiger partial charge is 0.481 e. The van der Waals surface area contributed by atoms with Gasteiger partial charge in [0.15, 0.2) is 0 Å². The lowest BCUT2D eigenvalue weighted by Gasteiger charge is -2.31. The highest BCUT2D eigenvalue weighted by molar-refractivity contribution is 5.92. The van der Waals surface area contributed by atoms with Crippen molar-refractivity contribution < 1.29 is 19.5 Å². The first-order valence-corrected chi connectivity index (χ1v) is 8.95. The highest BCUT2D eigenvalue weighted by Gasteiger charge is 2.41. The lowest BCUT2D eigenvalue weighted by atomic mass is 9.73. The maximum absolute atomic E-state index is 12.2. The fourth-order valence-electron chi connectivity index (χ4n) is 3.62. The number of rotatable bonds is 6. The first-order chi connectivity index (χ1) is 12.0. The van der Waals surface area contributed by atoms with Crippen molar-refractivity contribution in [3.05, 3.63) is 29.8 Å². The molecule has 0 aromatic heterocycles. The Morgan fingerprint density at radius 1 is 1.00 bits per heavy atom. The van der Waals surface area contributed by atoms with Gasteiger partial charge in [0, 0.05) is 18.2 Å². The lowest BCUT2D eigenvalue weighted by molar-refractivity contribution is -0.152. The number of anilines is 1. The van der Waals surface area contributed by atoms with E-state index >= 15 is 0 Å². The summed E-state index contributed by atoms with van der Waals surface area (Å²) in [6, 6.07) is 7.41. The molecule has 2 fully saturated rings. The summed E-state index contributed by atoms with van der Waals surface area (Å²) < 4.78 is 0. The second kappa shape index (κ2) is 7.68. The summed E-state index contributed by atoms with van der Waals surface area (Å²) in [4.78, 5) is 35.3. The quantitative estimate of drug-likeness (QED) is 0.739. The Hall–Kier alpha value is -2.37. The highest BCUT2D eigenvalue weighted by atomic mass is 16.4. The van der Waals surface area contributed by atoms with E-state index in [1.807, 2.05) is 24.3 Å². The Morgan fingerprint density at radius 3 is 2.36 bits per heavy atom. The number of carbonyl (C=O) groups excluding carboxylic acids is 2. The van der Waals surface area contributed by atoms with Gasteiger partial charge in [-0.1, -0.05) is 25.0 Å². The number of aliphatic carboxylic acids is 1. The zero-order chi connectivity index (χ0) is 17.8. The fraction of sp³-hybridized carbons (Fsp3) is 0.526. The molecule has 1 aromatic rings. The average Bonchev–Trinajstić information content (AvgIpc) is 3.06. The maximum atomic E-state index is 12.2. The Morgan fingerprint density at radius 2 is 1.72 bits per heavy atom. The van der Waals surface area contributed by atoms with Gasteiger partial charge < -0.3 is 15.7 Å². The first-order valence-electron chi connectivity index (χ1n) is 8.95. The molecule has 6 nitrogen and oxygen atoms in total. The fourth-order valence-corrected chi connectivity index (χ4v) is 3.62. The molecule has 0 radical (unpaired) electrons. The van der Waals surface area contributed by atoms with Crippen molar-refractivity contribution in [2.45, 2.75) is 45.1 Å². The van der Waals surface area contributed by atoms with Crippen LogP contribution >= 0.6 is 0 Å². The van der Waals surface area contributed by atoms with Crippen LogP contribution in [0.5, 0.6) is 0 Å². The Bertz CT molecular complexity index is 667. The smallest absolute Gasteiger partial charge is 0.307 e. The molecule has 1 aromatic carbocycles. The zero-order valence-corrected chi connectivity index (χ0v) is 14.2. The Labute approximate surface area is 147 Å². The van der Waals surface area contributed by atoms with Gasteiger partial charge in [-0.25, -0.2) is 0 Å². The highest BCUT2D eigenvalue weighted by Crippen LogP contribution is 2.34.